The molecule has 1 aliphatic heterocycles. The molecule has 0 bridgehead atoms. The highest BCUT2D eigenvalue weighted by Crippen LogP contribution is 2.51. The summed E-state index contributed by atoms with van der Waals surface area (Å²) < 4.78 is 16.8. The van der Waals surface area contributed by atoms with Gasteiger partial charge in [0, 0.05) is 11.5 Å². The molecule has 1 aliphatic rings. The van der Waals surface area contributed by atoms with Crippen molar-refractivity contribution in [1.82, 2.24) is 0 Å². The van der Waals surface area contributed by atoms with Crippen molar-refractivity contribution in [2.24, 2.45) is 0 Å². The van der Waals surface area contributed by atoms with Crippen LogP contribution in [0.4, 0.5) is 0 Å². The molecule has 0 aliphatic carbocycles. The molecular weight excluding hydrogens is 280 g/mol. The molecule has 0 radical (unpaired) electrons. The molecule has 0 amide bonds. The Balaban J connectivity index is 2.02. The second kappa shape index (κ2) is 5.44. The number of fused-ring (bicyclic) bond motifs is 1. The van der Waals surface area contributed by atoms with Gasteiger partial charge in [-0.05, 0) is 36.2 Å². The van der Waals surface area contributed by atoms with Crippen LogP contribution in [-0.4, -0.2) is 19.3 Å². The summed E-state index contributed by atoms with van der Waals surface area (Å²) in [6.07, 6.45) is -0.125. The van der Waals surface area contributed by atoms with Crippen LogP contribution < -0.4 is 14.2 Å². The molecule has 0 aromatic heterocycles. The van der Waals surface area contributed by atoms with Crippen LogP contribution in [0, 0.1) is 6.92 Å². The van der Waals surface area contributed by atoms with Crippen molar-refractivity contribution in [3.8, 4) is 23.0 Å². The van der Waals surface area contributed by atoms with Gasteiger partial charge in [-0.1, -0.05) is 19.1 Å². The van der Waals surface area contributed by atoms with Crippen molar-refractivity contribution in [2.45, 2.75) is 25.9 Å². The Bertz CT molecular complexity index is 708. The molecule has 1 N–H and O–H groups in total. The van der Waals surface area contributed by atoms with Crippen molar-refractivity contribution >= 4 is 0 Å². The van der Waals surface area contributed by atoms with E-state index in [0.717, 1.165) is 28.2 Å². The number of rotatable bonds is 3. The fourth-order valence-corrected chi connectivity index (χ4v) is 3.00. The second-order valence-corrected chi connectivity index (χ2v) is 5.64. The van der Waals surface area contributed by atoms with E-state index in [1.165, 1.54) is 0 Å². The van der Waals surface area contributed by atoms with Crippen LogP contribution in [0.15, 0.2) is 30.3 Å². The summed E-state index contributed by atoms with van der Waals surface area (Å²) in [6, 6.07) is 9.44. The lowest BCUT2D eigenvalue weighted by Gasteiger charge is -2.17. The lowest BCUT2D eigenvalue weighted by atomic mass is 9.92. The molecule has 0 fully saturated rings. The van der Waals surface area contributed by atoms with E-state index in [4.69, 9.17) is 14.2 Å². The Morgan fingerprint density at radius 2 is 1.77 bits per heavy atom. The maximum absolute atomic E-state index is 9.75. The van der Waals surface area contributed by atoms with Gasteiger partial charge in [-0.15, -0.1) is 0 Å². The Hall–Kier alpha value is -2.36. The third-order valence-corrected chi connectivity index (χ3v) is 4.17. The number of hydrogen-bond acceptors (Lipinski definition) is 4. The summed E-state index contributed by atoms with van der Waals surface area (Å²) >= 11 is 0. The molecule has 0 saturated carbocycles. The molecule has 1 unspecified atom stereocenters. The molecule has 3 rings (SSSR count). The standard InChI is InChI=1S/C18H20O4/c1-10-7-13-11(2)17(22-18(13)16(8-10)21-4)12-5-6-14(19)15(9-12)20-3/h5-9,11,17,19H,1-4H3/t11-,17?/m1/s1. The van der Waals surface area contributed by atoms with Gasteiger partial charge in [0.1, 0.15) is 6.10 Å². The molecule has 0 spiro atoms. The normalized spacial score (nSPS) is 19.5. The zero-order valence-corrected chi connectivity index (χ0v) is 13.2. The predicted molar refractivity (Wildman–Crippen MR) is 84.2 cm³/mol. The van der Waals surface area contributed by atoms with Gasteiger partial charge in [0.15, 0.2) is 23.0 Å². The van der Waals surface area contributed by atoms with Gasteiger partial charge in [0.2, 0.25) is 0 Å². The van der Waals surface area contributed by atoms with Gasteiger partial charge >= 0.3 is 0 Å². The van der Waals surface area contributed by atoms with Crippen LogP contribution in [0.3, 0.4) is 0 Å². The van der Waals surface area contributed by atoms with E-state index >= 15 is 0 Å². The van der Waals surface area contributed by atoms with Gasteiger partial charge in [-0.25, -0.2) is 0 Å². The summed E-state index contributed by atoms with van der Waals surface area (Å²) in [5.74, 6) is 2.33. The Morgan fingerprint density at radius 1 is 1.05 bits per heavy atom. The Labute approximate surface area is 130 Å². The summed E-state index contributed by atoms with van der Waals surface area (Å²) in [6.45, 7) is 4.18. The summed E-state index contributed by atoms with van der Waals surface area (Å²) in [4.78, 5) is 0. The van der Waals surface area contributed by atoms with Crippen LogP contribution in [0.5, 0.6) is 23.0 Å². The minimum atomic E-state index is -0.125. The van der Waals surface area contributed by atoms with Crippen LogP contribution in [0.1, 0.15) is 35.6 Å². The number of benzene rings is 2. The van der Waals surface area contributed by atoms with Gasteiger partial charge in [0.05, 0.1) is 14.2 Å². The summed E-state index contributed by atoms with van der Waals surface area (Å²) in [5, 5.41) is 9.75. The Kier molecular flexibility index (Phi) is 3.61. The molecule has 2 atom stereocenters. The highest BCUT2D eigenvalue weighted by atomic mass is 16.5. The zero-order chi connectivity index (χ0) is 15.9. The van der Waals surface area contributed by atoms with Crippen LogP contribution >= 0.6 is 0 Å². The van der Waals surface area contributed by atoms with Gasteiger partial charge in [-0.3, -0.25) is 0 Å². The number of methoxy groups -OCH3 is 2. The third-order valence-electron chi connectivity index (χ3n) is 4.17. The molecule has 22 heavy (non-hydrogen) atoms. The number of aryl methyl sites for hydroxylation is 1. The van der Waals surface area contributed by atoms with Crippen molar-refractivity contribution in [3.05, 3.63) is 47.0 Å². The number of phenolic OH excluding ortho intramolecular Hbond substituents is 1. The van der Waals surface area contributed by atoms with E-state index in [2.05, 4.69) is 13.0 Å². The largest absolute Gasteiger partial charge is 0.504 e. The highest BCUT2D eigenvalue weighted by molar-refractivity contribution is 5.55. The van der Waals surface area contributed by atoms with E-state index in [1.54, 1.807) is 20.3 Å². The number of ether oxygens (including phenoxy) is 3. The summed E-state index contributed by atoms with van der Waals surface area (Å²) in [5.41, 5.74) is 3.27. The monoisotopic (exact) mass is 300 g/mol. The maximum atomic E-state index is 9.75. The number of hydrogen-bond donors (Lipinski definition) is 1. The fraction of sp³-hybridized carbons (Fsp3) is 0.333. The third kappa shape index (κ3) is 2.25. The first-order valence-corrected chi connectivity index (χ1v) is 7.27. The average molecular weight is 300 g/mol. The fourth-order valence-electron chi connectivity index (χ4n) is 3.00. The van der Waals surface area contributed by atoms with E-state index in [-0.39, 0.29) is 17.8 Å². The molecule has 2 aromatic rings. The topological polar surface area (TPSA) is 47.9 Å². The quantitative estimate of drug-likeness (QED) is 0.932. The van der Waals surface area contributed by atoms with Crippen molar-refractivity contribution in [3.63, 3.8) is 0 Å². The van der Waals surface area contributed by atoms with Crippen molar-refractivity contribution in [1.29, 1.82) is 0 Å². The first-order valence-electron chi connectivity index (χ1n) is 7.27. The molecule has 0 saturated heterocycles. The highest BCUT2D eigenvalue weighted by Gasteiger charge is 2.35. The smallest absolute Gasteiger partial charge is 0.165 e. The van der Waals surface area contributed by atoms with Crippen LogP contribution in [-0.2, 0) is 0 Å². The van der Waals surface area contributed by atoms with E-state index in [9.17, 15) is 5.11 Å². The van der Waals surface area contributed by atoms with E-state index in [0.29, 0.717) is 5.75 Å². The first kappa shape index (κ1) is 14.6. The Morgan fingerprint density at radius 3 is 2.45 bits per heavy atom. The van der Waals surface area contributed by atoms with Crippen LogP contribution in [0.25, 0.3) is 0 Å². The average Bonchev–Trinajstić information content (AvgIpc) is 2.84. The van der Waals surface area contributed by atoms with E-state index < -0.39 is 0 Å². The van der Waals surface area contributed by atoms with Gasteiger partial charge in [-0.2, -0.15) is 0 Å². The second-order valence-electron chi connectivity index (χ2n) is 5.64. The molecule has 4 nitrogen and oxygen atoms in total. The maximum Gasteiger partial charge on any atom is 0.165 e. The molecule has 2 aromatic carbocycles. The van der Waals surface area contributed by atoms with Crippen molar-refractivity contribution in [2.75, 3.05) is 14.2 Å². The predicted octanol–water partition coefficient (Wildman–Crippen LogP) is 3.96. The lowest BCUT2D eigenvalue weighted by molar-refractivity contribution is 0.207. The molecule has 4 heteroatoms. The van der Waals surface area contributed by atoms with Gasteiger partial charge < -0.3 is 19.3 Å². The molecule has 116 valence electrons. The molecular formula is C18H20O4. The van der Waals surface area contributed by atoms with Crippen molar-refractivity contribution < 1.29 is 19.3 Å². The minimum absolute atomic E-state index is 0.125. The van der Waals surface area contributed by atoms with Gasteiger partial charge in [0.25, 0.3) is 0 Å². The SMILES string of the molecule is COc1cc(C2Oc3c(OC)cc(C)cc3[C@H]2C)ccc1O. The lowest BCUT2D eigenvalue weighted by Crippen LogP contribution is -2.07. The van der Waals surface area contributed by atoms with Crippen LogP contribution in [0.2, 0.25) is 0 Å². The zero-order valence-electron chi connectivity index (χ0n) is 13.2. The first-order chi connectivity index (χ1) is 10.5. The minimum Gasteiger partial charge on any atom is -0.504 e. The molecule has 1 heterocycles. The van der Waals surface area contributed by atoms with E-state index in [1.807, 2.05) is 25.1 Å². The number of aromatic hydroxyl groups is 1. The summed E-state index contributed by atoms with van der Waals surface area (Å²) in [7, 11) is 3.19. The number of phenols is 1.